The number of aliphatic hydroxyl groups excluding tert-OH is 1. The Morgan fingerprint density at radius 1 is 1.11 bits per heavy atom. The summed E-state index contributed by atoms with van der Waals surface area (Å²) in [6.45, 7) is 10.5. The highest BCUT2D eigenvalue weighted by Gasteiger charge is 2.18. The molecule has 0 saturated carbocycles. The lowest BCUT2D eigenvalue weighted by atomic mass is 9.86. The Morgan fingerprint density at radius 2 is 1.68 bits per heavy atom. The molecule has 0 radical (unpaired) electrons. The average molecular weight is 275 g/mol. The number of benzene rings is 1. The highest BCUT2D eigenvalue weighted by atomic mass is 32.1. The molecule has 1 N–H and O–H groups in total. The maximum absolute atomic E-state index is 10.5. The summed E-state index contributed by atoms with van der Waals surface area (Å²) < 4.78 is 0. The normalized spacial score (nSPS) is 13.6. The maximum atomic E-state index is 10.5. The molecule has 1 unspecified atom stereocenters. The molecule has 0 fully saturated rings. The number of hydrogen-bond donors (Lipinski definition) is 1. The molecular formula is C16H21NOS. The summed E-state index contributed by atoms with van der Waals surface area (Å²) in [6.07, 6.45) is -0.569. The van der Waals surface area contributed by atoms with Crippen LogP contribution < -0.4 is 0 Å². The molecule has 1 aromatic carbocycles. The van der Waals surface area contributed by atoms with Crippen LogP contribution in [0.5, 0.6) is 0 Å². The third-order valence-electron chi connectivity index (χ3n) is 3.28. The second-order valence-corrected chi connectivity index (χ2v) is 7.19. The van der Waals surface area contributed by atoms with E-state index in [1.165, 1.54) is 5.56 Å². The molecule has 102 valence electrons. The average Bonchev–Trinajstić information content (AvgIpc) is 2.66. The summed E-state index contributed by atoms with van der Waals surface area (Å²) in [6, 6.07) is 8.23. The molecule has 1 aromatic heterocycles. The van der Waals surface area contributed by atoms with Gasteiger partial charge in [-0.3, -0.25) is 0 Å². The topological polar surface area (TPSA) is 33.1 Å². The van der Waals surface area contributed by atoms with Gasteiger partial charge in [-0.1, -0.05) is 45.0 Å². The van der Waals surface area contributed by atoms with E-state index in [9.17, 15) is 5.11 Å². The van der Waals surface area contributed by atoms with Crippen molar-refractivity contribution in [1.82, 2.24) is 4.98 Å². The van der Waals surface area contributed by atoms with Crippen molar-refractivity contribution in [1.29, 1.82) is 0 Å². The molecule has 0 spiro atoms. The van der Waals surface area contributed by atoms with Crippen molar-refractivity contribution in [3.05, 3.63) is 51.0 Å². The van der Waals surface area contributed by atoms with Gasteiger partial charge in [-0.25, -0.2) is 4.98 Å². The van der Waals surface area contributed by atoms with Gasteiger partial charge in [0, 0.05) is 0 Å². The quantitative estimate of drug-likeness (QED) is 0.893. The van der Waals surface area contributed by atoms with Gasteiger partial charge in [0.25, 0.3) is 0 Å². The number of thiazole rings is 1. The number of aliphatic hydroxyl groups is 1. The van der Waals surface area contributed by atoms with Gasteiger partial charge >= 0.3 is 0 Å². The monoisotopic (exact) mass is 275 g/mol. The molecular weight excluding hydrogens is 254 g/mol. The second-order valence-electron chi connectivity index (χ2n) is 5.96. The van der Waals surface area contributed by atoms with E-state index in [4.69, 9.17) is 0 Å². The minimum atomic E-state index is -0.569. The summed E-state index contributed by atoms with van der Waals surface area (Å²) in [5.74, 6) is 0. The molecule has 0 amide bonds. The summed E-state index contributed by atoms with van der Waals surface area (Å²) >= 11 is 1.57. The van der Waals surface area contributed by atoms with Gasteiger partial charge in [0.1, 0.15) is 6.10 Å². The summed E-state index contributed by atoms with van der Waals surface area (Å²) in [5, 5.41) is 11.4. The number of rotatable bonds is 2. The van der Waals surface area contributed by atoms with Crippen LogP contribution in [0.1, 0.15) is 53.6 Å². The van der Waals surface area contributed by atoms with Crippen LogP contribution in [0.2, 0.25) is 0 Å². The fourth-order valence-corrected chi connectivity index (χ4v) is 3.06. The van der Waals surface area contributed by atoms with Crippen LogP contribution in [0.4, 0.5) is 0 Å². The first-order valence-electron chi connectivity index (χ1n) is 6.51. The molecule has 0 saturated heterocycles. The van der Waals surface area contributed by atoms with Crippen molar-refractivity contribution in [2.24, 2.45) is 0 Å². The molecule has 2 nitrogen and oxygen atoms in total. The zero-order valence-corrected chi connectivity index (χ0v) is 13.0. The second kappa shape index (κ2) is 5.06. The Hall–Kier alpha value is -1.19. The molecule has 1 heterocycles. The summed E-state index contributed by atoms with van der Waals surface area (Å²) in [7, 11) is 0. The zero-order valence-electron chi connectivity index (χ0n) is 12.2. The molecule has 0 aliphatic carbocycles. The number of aryl methyl sites for hydroxylation is 2. The van der Waals surface area contributed by atoms with Crippen LogP contribution >= 0.6 is 11.3 Å². The van der Waals surface area contributed by atoms with E-state index in [2.05, 4.69) is 37.9 Å². The van der Waals surface area contributed by atoms with Crippen LogP contribution in [0.15, 0.2) is 24.3 Å². The Labute approximate surface area is 119 Å². The fourth-order valence-electron chi connectivity index (χ4n) is 2.12. The van der Waals surface area contributed by atoms with Crippen LogP contribution in [0.3, 0.4) is 0 Å². The van der Waals surface area contributed by atoms with Crippen molar-refractivity contribution in [3.63, 3.8) is 0 Å². The van der Waals surface area contributed by atoms with Crippen LogP contribution in [0, 0.1) is 13.8 Å². The minimum Gasteiger partial charge on any atom is -0.383 e. The first-order valence-corrected chi connectivity index (χ1v) is 7.33. The lowest BCUT2D eigenvalue weighted by molar-refractivity contribution is 0.223. The number of hydrogen-bond acceptors (Lipinski definition) is 3. The lowest BCUT2D eigenvalue weighted by Gasteiger charge is -2.20. The minimum absolute atomic E-state index is 0.139. The van der Waals surface area contributed by atoms with Gasteiger partial charge in [0.05, 0.1) is 15.6 Å². The highest BCUT2D eigenvalue weighted by Crippen LogP contribution is 2.31. The molecule has 1 atom stereocenters. The first kappa shape index (κ1) is 14.2. The van der Waals surface area contributed by atoms with E-state index >= 15 is 0 Å². The maximum Gasteiger partial charge on any atom is 0.115 e. The predicted octanol–water partition coefficient (Wildman–Crippen LogP) is 4.14. The highest BCUT2D eigenvalue weighted by molar-refractivity contribution is 7.11. The molecule has 19 heavy (non-hydrogen) atoms. The van der Waals surface area contributed by atoms with E-state index in [1.54, 1.807) is 11.3 Å². The van der Waals surface area contributed by atoms with Crippen molar-refractivity contribution >= 4 is 11.3 Å². The first-order chi connectivity index (χ1) is 8.79. The predicted molar refractivity (Wildman–Crippen MR) is 80.8 cm³/mol. The largest absolute Gasteiger partial charge is 0.383 e. The number of aromatic nitrogens is 1. The van der Waals surface area contributed by atoms with Crippen molar-refractivity contribution in [3.8, 4) is 0 Å². The summed E-state index contributed by atoms with van der Waals surface area (Å²) in [4.78, 5) is 5.32. The number of nitrogens with zero attached hydrogens (tertiary/aromatic N) is 1. The zero-order chi connectivity index (χ0) is 14.2. The van der Waals surface area contributed by atoms with Crippen LogP contribution in [-0.2, 0) is 5.41 Å². The van der Waals surface area contributed by atoms with Crippen molar-refractivity contribution in [2.75, 3.05) is 0 Å². The van der Waals surface area contributed by atoms with Gasteiger partial charge < -0.3 is 5.11 Å². The van der Waals surface area contributed by atoms with Gasteiger partial charge in [-0.15, -0.1) is 11.3 Å². The smallest absolute Gasteiger partial charge is 0.115 e. The SMILES string of the molecule is Cc1nc(C)c(C(O)c2ccc(C(C)(C)C)cc2)s1. The third kappa shape index (κ3) is 3.04. The van der Waals surface area contributed by atoms with Crippen molar-refractivity contribution in [2.45, 2.75) is 46.1 Å². The standard InChI is InChI=1S/C16H21NOS/c1-10-15(19-11(2)17-10)14(18)12-6-8-13(9-7-12)16(3,4)5/h6-9,14,18H,1-5H3. The van der Waals surface area contributed by atoms with Crippen LogP contribution in [-0.4, -0.2) is 10.1 Å². The Morgan fingerprint density at radius 3 is 2.11 bits per heavy atom. The van der Waals surface area contributed by atoms with Gasteiger partial charge in [0.15, 0.2) is 0 Å². The molecule has 0 bridgehead atoms. The Bertz CT molecular complexity index is 563. The molecule has 2 rings (SSSR count). The van der Waals surface area contributed by atoms with E-state index < -0.39 is 6.10 Å². The van der Waals surface area contributed by atoms with Gasteiger partial charge in [-0.2, -0.15) is 0 Å². The van der Waals surface area contributed by atoms with E-state index in [0.717, 1.165) is 21.1 Å². The van der Waals surface area contributed by atoms with Crippen LogP contribution in [0.25, 0.3) is 0 Å². The van der Waals surface area contributed by atoms with Crippen molar-refractivity contribution < 1.29 is 5.11 Å². The Kier molecular flexibility index (Phi) is 3.79. The van der Waals surface area contributed by atoms with E-state index in [0.29, 0.717) is 0 Å². The van der Waals surface area contributed by atoms with E-state index in [-0.39, 0.29) is 5.41 Å². The third-order valence-corrected chi connectivity index (χ3v) is 4.41. The lowest BCUT2D eigenvalue weighted by Crippen LogP contribution is -2.11. The fraction of sp³-hybridized carbons (Fsp3) is 0.438. The van der Waals surface area contributed by atoms with Gasteiger partial charge in [-0.05, 0) is 30.4 Å². The van der Waals surface area contributed by atoms with E-state index in [1.807, 2.05) is 26.0 Å². The molecule has 0 aliphatic rings. The van der Waals surface area contributed by atoms with Gasteiger partial charge in [0.2, 0.25) is 0 Å². The molecule has 3 heteroatoms. The molecule has 2 aromatic rings. The molecule has 0 aliphatic heterocycles. The summed E-state index contributed by atoms with van der Waals surface area (Å²) in [5.41, 5.74) is 3.27. The Balaban J connectivity index is 2.30.